The molecule has 1 aromatic carbocycles. The summed E-state index contributed by atoms with van der Waals surface area (Å²) in [5.74, 6) is -42.7. The number of esters is 2. The summed E-state index contributed by atoms with van der Waals surface area (Å²) in [7, 11) is 0.816. The third kappa shape index (κ3) is 6.58. The number of nitrogens with one attached hydrogen (secondary N) is 1. The highest BCUT2D eigenvalue weighted by molar-refractivity contribution is 6.03. The summed E-state index contributed by atoms with van der Waals surface area (Å²) in [5, 5.41) is 14.0. The average molecular weight is 706 g/mol. The number of nitro benzene ring substituents is 1. The van der Waals surface area contributed by atoms with Crippen molar-refractivity contribution in [3.63, 3.8) is 0 Å². The molecule has 0 spiro atoms. The molecule has 0 saturated heterocycles. The van der Waals surface area contributed by atoms with Crippen LogP contribution in [0.5, 0.6) is 0 Å². The van der Waals surface area contributed by atoms with Crippen LogP contribution >= 0.6 is 0 Å². The average Bonchev–Trinajstić information content (AvgIpc) is 2.97. The van der Waals surface area contributed by atoms with Crippen molar-refractivity contribution in [1.29, 1.82) is 0 Å². The molecule has 0 aliphatic carbocycles. The summed E-state index contributed by atoms with van der Waals surface area (Å²) in [6, 6.07) is 4.31. The summed E-state index contributed by atoms with van der Waals surface area (Å²) in [6.07, 6.45) is -11.8. The first-order valence-corrected chi connectivity index (χ1v) is 12.4. The topological polar surface area (TPSA) is 125 Å². The van der Waals surface area contributed by atoms with Crippen molar-refractivity contribution in [3.8, 4) is 0 Å². The number of hydrogen-bond acceptors (Lipinski definition) is 8. The Kier molecular flexibility index (Phi) is 10.7. The van der Waals surface area contributed by atoms with Crippen LogP contribution in [0.25, 0.3) is 0 Å². The maximum absolute atomic E-state index is 14.1. The predicted octanol–water partition coefficient (Wildman–Crippen LogP) is 6.24. The van der Waals surface area contributed by atoms with Gasteiger partial charge in [0.1, 0.15) is 0 Å². The molecule has 1 atom stereocenters. The number of carbonyl (C=O) groups is 3. The van der Waals surface area contributed by atoms with Crippen LogP contribution in [-0.4, -0.2) is 72.7 Å². The van der Waals surface area contributed by atoms with E-state index < -0.39 is 106 Å². The van der Waals surface area contributed by atoms with Crippen molar-refractivity contribution in [1.82, 2.24) is 5.32 Å². The maximum atomic E-state index is 14.1. The number of para-hydroxylation sites is 1. The van der Waals surface area contributed by atoms with Gasteiger partial charge in [-0.05, 0) is 13.3 Å². The zero-order chi connectivity index (χ0) is 36.6. The monoisotopic (exact) mass is 706 g/mol. The summed E-state index contributed by atoms with van der Waals surface area (Å²) in [4.78, 5) is 48.1. The first-order valence-electron chi connectivity index (χ1n) is 12.4. The van der Waals surface area contributed by atoms with E-state index in [1.165, 1.54) is 12.1 Å². The number of ether oxygens (including phenoxy) is 2. The van der Waals surface area contributed by atoms with E-state index in [0.29, 0.717) is 0 Å². The van der Waals surface area contributed by atoms with Crippen LogP contribution in [-0.2, 0) is 23.9 Å². The van der Waals surface area contributed by atoms with Crippen LogP contribution < -0.4 is 5.32 Å². The first-order chi connectivity index (χ1) is 21.3. The van der Waals surface area contributed by atoms with E-state index in [1.807, 2.05) is 0 Å². The van der Waals surface area contributed by atoms with E-state index in [9.17, 15) is 81.6 Å². The van der Waals surface area contributed by atoms with Crippen LogP contribution in [0.3, 0.4) is 0 Å². The molecule has 1 N–H and O–H groups in total. The number of dihydropyridines is 1. The second-order valence-corrected chi connectivity index (χ2v) is 9.59. The largest absolute Gasteiger partial charge is 0.466 e. The Hall–Kier alpha value is -4.40. The fourth-order valence-corrected chi connectivity index (χ4v) is 4.26. The SMILES string of the molecule is COC(=O)C1=C(C=O)NC(C)=C(C(=O)OCCCC(F)(F)C(F)(F)C(F)(F)C(F)(F)C(F)(F)C(F)(F)F)C1c1ccccc1[N+](=O)[O-]. The molecular weight excluding hydrogens is 687 g/mol. The molecule has 0 bridgehead atoms. The summed E-state index contributed by atoms with van der Waals surface area (Å²) in [6.45, 7) is -0.410. The van der Waals surface area contributed by atoms with Crippen molar-refractivity contribution in [3.05, 3.63) is 62.5 Å². The molecule has 9 nitrogen and oxygen atoms in total. The smallest absolute Gasteiger partial charge is 0.460 e. The normalized spacial score (nSPS) is 16.9. The molecule has 0 amide bonds. The van der Waals surface area contributed by atoms with Gasteiger partial charge >= 0.3 is 47.7 Å². The molecule has 0 fully saturated rings. The number of alkyl halides is 13. The number of carbonyl (C=O) groups excluding carboxylic acids is 3. The van der Waals surface area contributed by atoms with Crippen LogP contribution in [0.4, 0.5) is 62.8 Å². The van der Waals surface area contributed by atoms with Crippen LogP contribution in [0.2, 0.25) is 0 Å². The molecule has 1 unspecified atom stereocenters. The van der Waals surface area contributed by atoms with Gasteiger partial charge in [-0.25, -0.2) is 9.59 Å². The molecule has 1 heterocycles. The number of aldehydes is 1. The van der Waals surface area contributed by atoms with Crippen LogP contribution in [0.15, 0.2) is 46.8 Å². The highest BCUT2D eigenvalue weighted by atomic mass is 19.4. The van der Waals surface area contributed by atoms with Gasteiger partial charge < -0.3 is 14.8 Å². The summed E-state index contributed by atoms with van der Waals surface area (Å²) >= 11 is 0. The van der Waals surface area contributed by atoms with E-state index in [-0.39, 0.29) is 12.0 Å². The highest BCUT2D eigenvalue weighted by Crippen LogP contribution is 2.60. The van der Waals surface area contributed by atoms with Gasteiger partial charge in [-0.2, -0.15) is 57.1 Å². The Morgan fingerprint density at radius 1 is 0.872 bits per heavy atom. The molecule has 1 aliphatic rings. The summed E-state index contributed by atoms with van der Waals surface area (Å²) < 4.78 is 182. The van der Waals surface area contributed by atoms with Crippen molar-refractivity contribution in [2.75, 3.05) is 13.7 Å². The maximum Gasteiger partial charge on any atom is 0.460 e. The second kappa shape index (κ2) is 13.0. The van der Waals surface area contributed by atoms with Crippen molar-refractivity contribution in [2.24, 2.45) is 0 Å². The minimum Gasteiger partial charge on any atom is -0.466 e. The second-order valence-electron chi connectivity index (χ2n) is 9.59. The van der Waals surface area contributed by atoms with Crippen LogP contribution in [0, 0.1) is 10.1 Å². The van der Waals surface area contributed by atoms with Gasteiger partial charge in [0.05, 0.1) is 41.4 Å². The fourth-order valence-electron chi connectivity index (χ4n) is 4.26. The highest BCUT2D eigenvalue weighted by Gasteiger charge is 2.90. The van der Waals surface area contributed by atoms with E-state index in [4.69, 9.17) is 0 Å². The molecule has 2 rings (SSSR count). The molecule has 47 heavy (non-hydrogen) atoms. The zero-order valence-electron chi connectivity index (χ0n) is 23.3. The molecule has 0 saturated carbocycles. The van der Waals surface area contributed by atoms with Crippen molar-refractivity contribution in [2.45, 2.75) is 61.5 Å². The minimum atomic E-state index is -8.07. The number of nitro groups is 1. The number of halogens is 13. The van der Waals surface area contributed by atoms with Gasteiger partial charge in [0.25, 0.3) is 5.69 Å². The predicted molar refractivity (Wildman–Crippen MR) is 128 cm³/mol. The van der Waals surface area contributed by atoms with Gasteiger partial charge in [0.2, 0.25) is 0 Å². The summed E-state index contributed by atoms with van der Waals surface area (Å²) in [5.41, 5.74) is -3.53. The first kappa shape index (κ1) is 38.8. The number of rotatable bonds is 13. The zero-order valence-corrected chi connectivity index (χ0v) is 23.3. The lowest BCUT2D eigenvalue weighted by atomic mass is 9.79. The number of nitrogens with zero attached hydrogens (tertiary/aromatic N) is 1. The van der Waals surface area contributed by atoms with Crippen molar-refractivity contribution < 1.29 is 85.9 Å². The van der Waals surface area contributed by atoms with E-state index in [1.54, 1.807) is 0 Å². The molecular formula is C25H19F13N2O7. The molecule has 1 aromatic rings. The number of benzene rings is 1. The van der Waals surface area contributed by atoms with E-state index in [2.05, 4.69) is 14.8 Å². The molecule has 1 aliphatic heterocycles. The Balaban J connectivity index is 2.40. The Morgan fingerprint density at radius 3 is 1.89 bits per heavy atom. The third-order valence-corrected chi connectivity index (χ3v) is 6.65. The van der Waals surface area contributed by atoms with E-state index in [0.717, 1.165) is 26.2 Å². The van der Waals surface area contributed by atoms with Crippen molar-refractivity contribution >= 4 is 23.9 Å². The van der Waals surface area contributed by atoms with Gasteiger partial charge in [0, 0.05) is 23.7 Å². The molecule has 0 aromatic heterocycles. The Bertz CT molecular complexity index is 1490. The van der Waals surface area contributed by atoms with Gasteiger partial charge in [-0.1, -0.05) is 18.2 Å². The quantitative estimate of drug-likeness (QED) is 0.0639. The fraction of sp³-hybridized carbons (Fsp3) is 0.480. The lowest BCUT2D eigenvalue weighted by Gasteiger charge is -2.39. The number of allylic oxidation sites excluding steroid dienone is 2. The molecule has 22 heteroatoms. The Morgan fingerprint density at radius 2 is 1.40 bits per heavy atom. The van der Waals surface area contributed by atoms with Gasteiger partial charge in [0.15, 0.2) is 6.29 Å². The van der Waals surface area contributed by atoms with E-state index >= 15 is 0 Å². The van der Waals surface area contributed by atoms with Gasteiger partial charge in [-0.15, -0.1) is 0 Å². The van der Waals surface area contributed by atoms with Crippen LogP contribution in [0.1, 0.15) is 31.2 Å². The van der Waals surface area contributed by atoms with Gasteiger partial charge in [-0.3, -0.25) is 14.9 Å². The molecule has 0 radical (unpaired) electrons. The lowest BCUT2D eigenvalue weighted by molar-refractivity contribution is -0.440. The minimum absolute atomic E-state index is 0.0613. The number of methoxy groups -OCH3 is 1. The lowest BCUT2D eigenvalue weighted by Crippen LogP contribution is -2.70. The number of hydrogen-bond donors (Lipinski definition) is 1. The Labute approximate surface area is 253 Å². The standard InChI is InChI=1S/C25H19F13N2O7/c1-11-15(16(12-6-3-4-7-14(12)40(44)45)17(18(42)46-2)13(10-41)39-11)19(43)47-9-5-8-20(26,27)21(28,29)22(30,31)23(32,33)24(34,35)25(36,37)38/h3-4,6-7,10,16,39H,5,8-9H2,1-2H3. The molecule has 262 valence electrons. The third-order valence-electron chi connectivity index (χ3n) is 6.65.